The van der Waals surface area contributed by atoms with Crippen LogP contribution in [0.25, 0.3) is 0 Å². The highest BCUT2D eigenvalue weighted by Crippen LogP contribution is 2.37. The van der Waals surface area contributed by atoms with E-state index >= 15 is 0 Å². The van der Waals surface area contributed by atoms with Crippen molar-refractivity contribution in [3.63, 3.8) is 0 Å². The summed E-state index contributed by atoms with van der Waals surface area (Å²) >= 11 is 11.3. The number of ketones is 1. The second-order valence-electron chi connectivity index (χ2n) is 11.5. The van der Waals surface area contributed by atoms with E-state index in [0.29, 0.717) is 42.6 Å². The zero-order valence-electron chi connectivity index (χ0n) is 23.4. The van der Waals surface area contributed by atoms with Gasteiger partial charge in [0.15, 0.2) is 10.2 Å². The Hall–Kier alpha value is -1.94. The monoisotopic (exact) mass is 552 g/mol. The Morgan fingerprint density at radius 2 is 1.32 bits per heavy atom. The first kappa shape index (κ1) is 31.3. The van der Waals surface area contributed by atoms with Crippen LogP contribution in [0, 0.1) is 10.8 Å². The smallest absolute Gasteiger partial charge is 0.250 e. The molecule has 0 unspecified atom stereocenters. The van der Waals surface area contributed by atoms with Gasteiger partial charge in [-0.05, 0) is 57.5 Å². The zero-order valence-corrected chi connectivity index (χ0v) is 25.0. The minimum atomic E-state index is -0.686. The van der Waals surface area contributed by atoms with Gasteiger partial charge < -0.3 is 14.6 Å². The number of hydrogen-bond acceptors (Lipinski definition) is 6. The molecule has 0 aromatic heterocycles. The van der Waals surface area contributed by atoms with Gasteiger partial charge in [0.2, 0.25) is 11.8 Å². The van der Waals surface area contributed by atoms with Crippen molar-refractivity contribution in [1.82, 2.24) is 19.6 Å². The van der Waals surface area contributed by atoms with E-state index in [1.807, 2.05) is 51.3 Å². The van der Waals surface area contributed by atoms with Gasteiger partial charge in [0, 0.05) is 36.8 Å². The van der Waals surface area contributed by atoms with Crippen LogP contribution in [0.2, 0.25) is 0 Å². The number of Topliss-reactive ketones (excluding diaryl/α,β-unsaturated/α-hetero) is 1. The quantitative estimate of drug-likeness (QED) is 0.161. The molecule has 2 heterocycles. The molecule has 0 aromatic carbocycles. The van der Waals surface area contributed by atoms with Crippen LogP contribution < -0.4 is 0 Å². The Morgan fingerprint density at radius 3 is 1.76 bits per heavy atom. The molecule has 0 radical (unpaired) electrons. The van der Waals surface area contributed by atoms with E-state index in [4.69, 9.17) is 24.4 Å². The predicted octanol–water partition coefficient (Wildman–Crippen LogP) is 4.15. The second-order valence-corrected chi connectivity index (χ2v) is 12.3. The SMILES string of the molecule is CCN1CC(=O)N(C(N2C(=O)CN(CC)C2=S)C(C)(C)CCC(=O)CCCCCCC(C)(C)C=O)C1=S. The van der Waals surface area contributed by atoms with Crippen LogP contribution in [0.5, 0.6) is 0 Å². The standard InChI is InChI=1S/C27H44N4O4S2/c1-7-28-17-21(34)30(24(28)36)23(31-22(35)18-29(8-2)25(31)37)27(5,6)16-14-20(33)13-11-9-10-12-15-26(3,4)19-32/h19,23H,7-18H2,1-6H3. The number of unbranched alkanes of at least 4 members (excludes halogenated alkanes) is 3. The molecule has 8 nitrogen and oxygen atoms in total. The van der Waals surface area contributed by atoms with E-state index in [1.54, 1.807) is 9.80 Å². The highest BCUT2D eigenvalue weighted by molar-refractivity contribution is 7.80. The summed E-state index contributed by atoms with van der Waals surface area (Å²) in [6, 6.07) is 0. The van der Waals surface area contributed by atoms with Crippen molar-refractivity contribution in [3.8, 4) is 0 Å². The van der Waals surface area contributed by atoms with E-state index in [0.717, 1.165) is 38.4 Å². The summed E-state index contributed by atoms with van der Waals surface area (Å²) in [5.41, 5.74) is -0.901. The van der Waals surface area contributed by atoms with E-state index in [9.17, 15) is 19.2 Å². The number of nitrogens with zero attached hydrogens (tertiary/aromatic N) is 4. The minimum Gasteiger partial charge on any atom is -0.340 e. The Balaban J connectivity index is 2.06. The van der Waals surface area contributed by atoms with E-state index < -0.39 is 11.6 Å². The van der Waals surface area contributed by atoms with Gasteiger partial charge >= 0.3 is 0 Å². The Labute approximate surface area is 233 Å². The van der Waals surface area contributed by atoms with Gasteiger partial charge in [0.05, 0.1) is 13.1 Å². The average molecular weight is 553 g/mol. The molecular weight excluding hydrogens is 508 g/mol. The van der Waals surface area contributed by atoms with Gasteiger partial charge in [-0.25, -0.2) is 0 Å². The van der Waals surface area contributed by atoms with E-state index in [2.05, 4.69) is 0 Å². The van der Waals surface area contributed by atoms with Crippen LogP contribution in [0.4, 0.5) is 0 Å². The van der Waals surface area contributed by atoms with E-state index in [1.165, 1.54) is 0 Å². The molecule has 0 aliphatic carbocycles. The summed E-state index contributed by atoms with van der Waals surface area (Å²) in [4.78, 5) is 56.8. The second kappa shape index (κ2) is 13.2. The van der Waals surface area contributed by atoms with Crippen LogP contribution in [-0.4, -0.2) is 86.1 Å². The molecule has 2 aliphatic rings. The van der Waals surface area contributed by atoms with Gasteiger partial charge in [-0.2, -0.15) is 0 Å². The minimum absolute atomic E-state index is 0.153. The summed E-state index contributed by atoms with van der Waals surface area (Å²) in [6.45, 7) is 13.3. The first-order valence-corrected chi connectivity index (χ1v) is 14.3. The summed E-state index contributed by atoms with van der Waals surface area (Å²) in [5, 5.41) is 0.806. The molecule has 0 atom stereocenters. The molecule has 2 rings (SSSR count). The van der Waals surface area contributed by atoms with Crippen molar-refractivity contribution in [3.05, 3.63) is 0 Å². The molecule has 208 valence electrons. The van der Waals surface area contributed by atoms with Crippen molar-refractivity contribution in [2.45, 2.75) is 99.1 Å². The molecule has 0 aromatic rings. The van der Waals surface area contributed by atoms with Gasteiger partial charge in [-0.1, -0.05) is 47.0 Å². The molecule has 10 heteroatoms. The predicted molar refractivity (Wildman–Crippen MR) is 153 cm³/mol. The van der Waals surface area contributed by atoms with Gasteiger partial charge in [-0.3, -0.25) is 24.2 Å². The molecule has 0 spiro atoms. The third-order valence-corrected chi connectivity index (χ3v) is 8.40. The molecular formula is C27H44N4O4S2. The highest BCUT2D eigenvalue weighted by atomic mass is 32.1. The van der Waals surface area contributed by atoms with E-state index in [-0.39, 0.29) is 36.1 Å². The lowest BCUT2D eigenvalue weighted by molar-refractivity contribution is -0.138. The molecule has 2 fully saturated rings. The third kappa shape index (κ3) is 7.78. The first-order valence-electron chi connectivity index (χ1n) is 13.5. The maximum absolute atomic E-state index is 13.1. The van der Waals surface area contributed by atoms with Crippen LogP contribution >= 0.6 is 24.4 Å². The summed E-state index contributed by atoms with van der Waals surface area (Å²) in [6.07, 6.45) is 6.32. The maximum atomic E-state index is 13.1. The number of carbonyl (C=O) groups excluding carboxylic acids is 4. The van der Waals surface area contributed by atoms with Crippen molar-refractivity contribution in [2.24, 2.45) is 10.8 Å². The number of carbonyl (C=O) groups is 4. The molecule has 2 saturated heterocycles. The lowest BCUT2D eigenvalue weighted by atomic mass is 9.81. The fourth-order valence-corrected chi connectivity index (χ4v) is 5.74. The van der Waals surface area contributed by atoms with Crippen molar-refractivity contribution < 1.29 is 19.2 Å². The summed E-state index contributed by atoms with van der Waals surface area (Å²) in [7, 11) is 0. The topological polar surface area (TPSA) is 81.2 Å². The number of hydrogen-bond donors (Lipinski definition) is 0. The van der Waals surface area contributed by atoms with Crippen molar-refractivity contribution in [1.29, 1.82) is 0 Å². The lowest BCUT2D eigenvalue weighted by Gasteiger charge is -2.44. The molecule has 0 saturated carbocycles. The Morgan fingerprint density at radius 1 is 0.838 bits per heavy atom. The van der Waals surface area contributed by atoms with Crippen LogP contribution in [0.15, 0.2) is 0 Å². The zero-order chi connectivity index (χ0) is 28.0. The van der Waals surface area contributed by atoms with Crippen LogP contribution in [0.1, 0.15) is 92.9 Å². The fraction of sp³-hybridized carbons (Fsp3) is 0.778. The normalized spacial score (nSPS) is 17.2. The number of amides is 2. The van der Waals surface area contributed by atoms with Crippen LogP contribution in [-0.2, 0) is 19.2 Å². The van der Waals surface area contributed by atoms with Gasteiger partial charge in [-0.15, -0.1) is 0 Å². The lowest BCUT2D eigenvalue weighted by Crippen LogP contribution is -2.60. The van der Waals surface area contributed by atoms with Gasteiger partial charge in [0.25, 0.3) is 0 Å². The molecule has 2 aliphatic heterocycles. The first-order chi connectivity index (χ1) is 17.3. The molecule has 37 heavy (non-hydrogen) atoms. The third-order valence-electron chi connectivity index (χ3n) is 7.49. The highest BCUT2D eigenvalue weighted by Gasteiger charge is 2.51. The number of aldehydes is 1. The number of likely N-dealkylation sites (N-methyl/N-ethyl adjacent to an activating group) is 2. The number of rotatable bonds is 16. The maximum Gasteiger partial charge on any atom is 0.250 e. The number of thiocarbonyl (C=S) groups is 2. The molecule has 2 amide bonds. The fourth-order valence-electron chi connectivity index (χ4n) is 4.95. The van der Waals surface area contributed by atoms with Crippen molar-refractivity contribution in [2.75, 3.05) is 26.2 Å². The van der Waals surface area contributed by atoms with Gasteiger partial charge in [0.1, 0.15) is 18.2 Å². The Kier molecular flexibility index (Phi) is 11.2. The van der Waals surface area contributed by atoms with Crippen LogP contribution in [0.3, 0.4) is 0 Å². The largest absolute Gasteiger partial charge is 0.340 e. The summed E-state index contributed by atoms with van der Waals surface area (Å²) < 4.78 is 0. The Bertz CT molecular complexity index is 863. The molecule has 0 N–H and O–H groups in total. The summed E-state index contributed by atoms with van der Waals surface area (Å²) in [5.74, 6) is -0.129. The molecule has 0 bridgehead atoms. The van der Waals surface area contributed by atoms with Crippen molar-refractivity contribution >= 4 is 58.5 Å². The average Bonchev–Trinajstić information content (AvgIpc) is 3.29.